The van der Waals surface area contributed by atoms with Gasteiger partial charge in [-0.05, 0) is 42.9 Å². The Morgan fingerprint density at radius 3 is 2.90 bits per heavy atom. The second-order valence-electron chi connectivity index (χ2n) is 5.79. The molecule has 1 aromatic carbocycles. The molecule has 2 aromatic rings. The summed E-state index contributed by atoms with van der Waals surface area (Å²) in [5.74, 6) is 0. The first-order valence-electron chi connectivity index (χ1n) is 7.87. The summed E-state index contributed by atoms with van der Waals surface area (Å²) in [5.41, 5.74) is 2.83. The Hall–Kier alpha value is -0.830. The van der Waals surface area contributed by atoms with Gasteiger partial charge in [-0.25, -0.2) is 0 Å². The summed E-state index contributed by atoms with van der Waals surface area (Å²) >= 11 is 7.98. The summed E-state index contributed by atoms with van der Waals surface area (Å²) in [6.07, 6.45) is 6.03. The highest BCUT2D eigenvalue weighted by Gasteiger charge is 2.25. The molecule has 1 aromatic heterocycles. The Labute approximate surface area is 136 Å². The lowest BCUT2D eigenvalue weighted by molar-refractivity contribution is 0.386. The van der Waals surface area contributed by atoms with Gasteiger partial charge in [-0.15, -0.1) is 11.3 Å². The number of hydrogen-bond acceptors (Lipinski definition) is 2. The maximum absolute atomic E-state index is 6.22. The molecular weight excluding hydrogens is 298 g/mol. The Kier molecular flexibility index (Phi) is 4.99. The Morgan fingerprint density at radius 1 is 1.33 bits per heavy atom. The summed E-state index contributed by atoms with van der Waals surface area (Å²) in [5, 5.41) is 3.89. The fraction of sp³-hybridized carbons (Fsp3) is 0.444. The molecule has 0 spiro atoms. The molecule has 3 rings (SSSR count). The third-order valence-corrected chi connectivity index (χ3v) is 5.61. The third-order valence-electron chi connectivity index (χ3n) is 4.27. The van der Waals surface area contributed by atoms with Crippen molar-refractivity contribution >= 4 is 22.9 Å². The van der Waals surface area contributed by atoms with E-state index < -0.39 is 0 Å². The van der Waals surface area contributed by atoms with Crippen molar-refractivity contribution in [3.8, 4) is 0 Å². The van der Waals surface area contributed by atoms with Crippen molar-refractivity contribution in [2.45, 2.75) is 51.1 Å². The number of nitrogens with one attached hydrogen (secondary N) is 1. The van der Waals surface area contributed by atoms with E-state index in [1.165, 1.54) is 48.1 Å². The lowest BCUT2D eigenvalue weighted by atomic mass is 9.92. The molecule has 0 aliphatic heterocycles. The Morgan fingerprint density at radius 2 is 2.14 bits per heavy atom. The first kappa shape index (κ1) is 15.1. The van der Waals surface area contributed by atoms with Crippen LogP contribution < -0.4 is 5.32 Å². The minimum Gasteiger partial charge on any atom is -0.303 e. The average molecular weight is 320 g/mol. The highest BCUT2D eigenvalue weighted by molar-refractivity contribution is 7.16. The van der Waals surface area contributed by atoms with Gasteiger partial charge in [-0.2, -0.15) is 0 Å². The van der Waals surface area contributed by atoms with Gasteiger partial charge in [0.05, 0.1) is 4.34 Å². The number of thiophene rings is 1. The van der Waals surface area contributed by atoms with Crippen LogP contribution in [0.25, 0.3) is 0 Å². The van der Waals surface area contributed by atoms with Crippen LogP contribution in [0.5, 0.6) is 0 Å². The van der Waals surface area contributed by atoms with Crippen molar-refractivity contribution in [2.75, 3.05) is 0 Å². The van der Waals surface area contributed by atoms with Crippen LogP contribution in [-0.2, 0) is 6.42 Å². The molecule has 1 nitrogen and oxygen atoms in total. The van der Waals surface area contributed by atoms with Crippen LogP contribution in [0.2, 0.25) is 4.34 Å². The van der Waals surface area contributed by atoms with Gasteiger partial charge in [-0.1, -0.05) is 55.3 Å². The first-order chi connectivity index (χ1) is 10.3. The zero-order valence-electron chi connectivity index (χ0n) is 12.4. The molecule has 21 heavy (non-hydrogen) atoms. The van der Waals surface area contributed by atoms with Crippen LogP contribution in [0.15, 0.2) is 36.4 Å². The molecular formula is C18H22ClNS. The second kappa shape index (κ2) is 6.95. The van der Waals surface area contributed by atoms with Gasteiger partial charge in [0, 0.05) is 17.0 Å². The molecule has 2 atom stereocenters. The standard InChI is InChI=1S/C18H22ClNS/c1-2-7-15(13-8-4-3-5-9-13)20-16-10-6-11-17-14(16)12-18(19)21-17/h3-5,8-9,12,15-16,20H,2,6-7,10-11H2,1H3. The van der Waals surface area contributed by atoms with Gasteiger partial charge in [-0.3, -0.25) is 0 Å². The van der Waals surface area contributed by atoms with E-state index in [-0.39, 0.29) is 0 Å². The van der Waals surface area contributed by atoms with E-state index in [0.29, 0.717) is 12.1 Å². The first-order valence-corrected chi connectivity index (χ1v) is 9.06. The Bertz CT molecular complexity index is 578. The summed E-state index contributed by atoms with van der Waals surface area (Å²) < 4.78 is 0.931. The maximum atomic E-state index is 6.22. The largest absolute Gasteiger partial charge is 0.303 e. The van der Waals surface area contributed by atoms with Gasteiger partial charge in [0.1, 0.15) is 0 Å². The summed E-state index contributed by atoms with van der Waals surface area (Å²) in [6.45, 7) is 2.26. The van der Waals surface area contributed by atoms with Crippen LogP contribution in [0, 0.1) is 0 Å². The number of rotatable bonds is 5. The fourth-order valence-electron chi connectivity index (χ4n) is 3.26. The molecule has 0 bridgehead atoms. The van der Waals surface area contributed by atoms with Crippen LogP contribution in [0.4, 0.5) is 0 Å². The topological polar surface area (TPSA) is 12.0 Å². The van der Waals surface area contributed by atoms with Crippen molar-refractivity contribution in [2.24, 2.45) is 0 Å². The normalized spacial score (nSPS) is 19.2. The van der Waals surface area contributed by atoms with E-state index >= 15 is 0 Å². The zero-order valence-corrected chi connectivity index (χ0v) is 14.0. The van der Waals surface area contributed by atoms with E-state index in [1.807, 2.05) is 0 Å². The van der Waals surface area contributed by atoms with Crippen LogP contribution >= 0.6 is 22.9 Å². The zero-order chi connectivity index (χ0) is 14.7. The molecule has 3 heteroatoms. The fourth-order valence-corrected chi connectivity index (χ4v) is 4.64. The molecule has 2 unspecified atom stereocenters. The highest BCUT2D eigenvalue weighted by Crippen LogP contribution is 2.39. The van der Waals surface area contributed by atoms with Crippen LogP contribution in [-0.4, -0.2) is 0 Å². The minimum atomic E-state index is 0.436. The average Bonchev–Trinajstić information content (AvgIpc) is 2.89. The molecule has 1 aliphatic rings. The number of benzene rings is 1. The molecule has 0 fully saturated rings. The van der Waals surface area contributed by atoms with Crippen LogP contribution in [0.1, 0.15) is 60.7 Å². The van der Waals surface area contributed by atoms with Crippen molar-refractivity contribution in [3.05, 3.63) is 56.7 Å². The smallest absolute Gasteiger partial charge is 0.0934 e. The van der Waals surface area contributed by atoms with Gasteiger partial charge in [0.2, 0.25) is 0 Å². The third kappa shape index (κ3) is 3.50. The molecule has 112 valence electrons. The van der Waals surface area contributed by atoms with E-state index in [0.717, 1.165) is 4.34 Å². The van der Waals surface area contributed by atoms with Crippen molar-refractivity contribution in [1.29, 1.82) is 0 Å². The lowest BCUT2D eigenvalue weighted by Crippen LogP contribution is -2.28. The SMILES string of the molecule is CCCC(NC1CCCc2sc(Cl)cc21)c1ccccc1. The molecule has 1 N–H and O–H groups in total. The van der Waals surface area contributed by atoms with Gasteiger partial charge < -0.3 is 5.32 Å². The van der Waals surface area contributed by atoms with E-state index in [1.54, 1.807) is 11.3 Å². The highest BCUT2D eigenvalue weighted by atomic mass is 35.5. The quantitative estimate of drug-likeness (QED) is 0.722. The van der Waals surface area contributed by atoms with E-state index in [4.69, 9.17) is 11.6 Å². The summed E-state index contributed by atoms with van der Waals surface area (Å²) in [6, 6.07) is 13.9. The molecule has 1 heterocycles. The predicted molar refractivity (Wildman–Crippen MR) is 92.2 cm³/mol. The second-order valence-corrected chi connectivity index (χ2v) is 7.56. The van der Waals surface area contributed by atoms with E-state index in [2.05, 4.69) is 48.6 Å². The van der Waals surface area contributed by atoms with Crippen molar-refractivity contribution in [3.63, 3.8) is 0 Å². The number of aryl methyl sites for hydroxylation is 1. The number of fused-ring (bicyclic) bond motifs is 1. The van der Waals surface area contributed by atoms with Gasteiger partial charge in [0.15, 0.2) is 0 Å². The van der Waals surface area contributed by atoms with E-state index in [9.17, 15) is 0 Å². The Balaban J connectivity index is 1.80. The predicted octanol–water partition coefficient (Wildman–Crippen LogP) is 5.91. The molecule has 0 radical (unpaired) electrons. The minimum absolute atomic E-state index is 0.436. The molecule has 0 saturated heterocycles. The molecule has 1 aliphatic carbocycles. The van der Waals surface area contributed by atoms with Crippen LogP contribution in [0.3, 0.4) is 0 Å². The van der Waals surface area contributed by atoms with Gasteiger partial charge >= 0.3 is 0 Å². The molecule has 0 amide bonds. The summed E-state index contributed by atoms with van der Waals surface area (Å²) in [4.78, 5) is 1.48. The number of hydrogen-bond donors (Lipinski definition) is 1. The van der Waals surface area contributed by atoms with Crippen molar-refractivity contribution in [1.82, 2.24) is 5.32 Å². The number of halogens is 1. The monoisotopic (exact) mass is 319 g/mol. The maximum Gasteiger partial charge on any atom is 0.0934 e. The molecule has 0 saturated carbocycles. The van der Waals surface area contributed by atoms with Gasteiger partial charge in [0.25, 0.3) is 0 Å². The van der Waals surface area contributed by atoms with Crippen molar-refractivity contribution < 1.29 is 0 Å². The lowest BCUT2D eigenvalue weighted by Gasteiger charge is -2.29. The summed E-state index contributed by atoms with van der Waals surface area (Å²) in [7, 11) is 0.